The molecule has 0 aliphatic heterocycles. The zero-order chi connectivity index (χ0) is 15.2. The SMILES string of the molecule is COc1ccc(CNC(=O)c2cnc(Cl)cn2)c(OC)c1. The molecule has 110 valence electrons. The molecule has 0 spiro atoms. The lowest BCUT2D eigenvalue weighted by Gasteiger charge is -2.11. The van der Waals surface area contributed by atoms with E-state index in [9.17, 15) is 4.79 Å². The molecule has 0 unspecified atom stereocenters. The number of benzene rings is 1. The van der Waals surface area contributed by atoms with Crippen LogP contribution in [0.15, 0.2) is 30.6 Å². The van der Waals surface area contributed by atoms with E-state index < -0.39 is 0 Å². The monoisotopic (exact) mass is 307 g/mol. The number of hydrogen-bond donors (Lipinski definition) is 1. The second-order valence-electron chi connectivity index (χ2n) is 4.08. The van der Waals surface area contributed by atoms with Gasteiger partial charge in [0, 0.05) is 18.2 Å². The van der Waals surface area contributed by atoms with E-state index in [-0.39, 0.29) is 16.8 Å². The number of amides is 1. The lowest BCUT2D eigenvalue weighted by molar-refractivity contribution is 0.0945. The average molecular weight is 308 g/mol. The third-order valence-corrected chi connectivity index (χ3v) is 2.98. The Morgan fingerprint density at radius 3 is 2.67 bits per heavy atom. The molecule has 6 nitrogen and oxygen atoms in total. The highest BCUT2D eigenvalue weighted by Gasteiger charge is 2.10. The Morgan fingerprint density at radius 2 is 2.05 bits per heavy atom. The minimum atomic E-state index is -0.336. The van der Waals surface area contributed by atoms with E-state index in [0.29, 0.717) is 18.0 Å². The van der Waals surface area contributed by atoms with Gasteiger partial charge in [0.2, 0.25) is 0 Å². The molecule has 1 amide bonds. The number of aromatic nitrogens is 2. The quantitative estimate of drug-likeness (QED) is 0.915. The number of halogens is 1. The smallest absolute Gasteiger partial charge is 0.271 e. The number of carbonyl (C=O) groups is 1. The summed E-state index contributed by atoms with van der Waals surface area (Å²) in [6, 6.07) is 5.38. The molecule has 0 atom stereocenters. The second kappa shape index (κ2) is 6.90. The van der Waals surface area contributed by atoms with Gasteiger partial charge in [0.15, 0.2) is 0 Å². The number of hydrogen-bond acceptors (Lipinski definition) is 5. The molecule has 0 fully saturated rings. The van der Waals surface area contributed by atoms with Crippen molar-refractivity contribution in [3.8, 4) is 11.5 Å². The van der Waals surface area contributed by atoms with E-state index in [1.165, 1.54) is 12.4 Å². The maximum absolute atomic E-state index is 11.9. The first kappa shape index (κ1) is 15.1. The fourth-order valence-electron chi connectivity index (χ4n) is 1.69. The molecule has 0 bridgehead atoms. The first-order valence-corrected chi connectivity index (χ1v) is 6.48. The Labute approximate surface area is 127 Å². The van der Waals surface area contributed by atoms with Gasteiger partial charge in [-0.05, 0) is 12.1 Å². The van der Waals surface area contributed by atoms with Crippen molar-refractivity contribution in [3.63, 3.8) is 0 Å². The Bertz CT molecular complexity index is 632. The molecular weight excluding hydrogens is 294 g/mol. The van der Waals surface area contributed by atoms with Crippen LogP contribution < -0.4 is 14.8 Å². The second-order valence-corrected chi connectivity index (χ2v) is 4.47. The van der Waals surface area contributed by atoms with Gasteiger partial charge in [-0.1, -0.05) is 11.6 Å². The van der Waals surface area contributed by atoms with Crippen molar-refractivity contribution in [2.45, 2.75) is 6.54 Å². The summed E-state index contributed by atoms with van der Waals surface area (Å²) in [5.74, 6) is 0.986. The number of ether oxygens (including phenoxy) is 2. The summed E-state index contributed by atoms with van der Waals surface area (Å²) in [6.45, 7) is 0.302. The maximum Gasteiger partial charge on any atom is 0.271 e. The molecule has 0 saturated carbocycles. The maximum atomic E-state index is 11.9. The number of methoxy groups -OCH3 is 2. The predicted molar refractivity (Wildman–Crippen MR) is 77.8 cm³/mol. The minimum Gasteiger partial charge on any atom is -0.497 e. The molecule has 1 aromatic heterocycles. The number of rotatable bonds is 5. The van der Waals surface area contributed by atoms with Crippen molar-refractivity contribution in [2.24, 2.45) is 0 Å². The first-order chi connectivity index (χ1) is 10.1. The van der Waals surface area contributed by atoms with E-state index >= 15 is 0 Å². The van der Waals surface area contributed by atoms with E-state index in [0.717, 1.165) is 5.56 Å². The molecule has 7 heteroatoms. The summed E-state index contributed by atoms with van der Waals surface area (Å²) in [4.78, 5) is 19.6. The van der Waals surface area contributed by atoms with Crippen LogP contribution in [0.4, 0.5) is 0 Å². The van der Waals surface area contributed by atoms with E-state index in [4.69, 9.17) is 21.1 Å². The highest BCUT2D eigenvalue weighted by molar-refractivity contribution is 6.29. The third-order valence-electron chi connectivity index (χ3n) is 2.79. The first-order valence-electron chi connectivity index (χ1n) is 6.10. The molecule has 21 heavy (non-hydrogen) atoms. The topological polar surface area (TPSA) is 73.3 Å². The lowest BCUT2D eigenvalue weighted by atomic mass is 10.2. The van der Waals surface area contributed by atoms with Gasteiger partial charge >= 0.3 is 0 Å². The van der Waals surface area contributed by atoms with Crippen LogP contribution in [-0.2, 0) is 6.54 Å². The van der Waals surface area contributed by atoms with Gasteiger partial charge in [0.05, 0.1) is 26.6 Å². The van der Waals surface area contributed by atoms with Gasteiger partial charge in [0.25, 0.3) is 5.91 Å². The predicted octanol–water partition coefficient (Wildman–Crippen LogP) is 2.08. The highest BCUT2D eigenvalue weighted by Crippen LogP contribution is 2.24. The average Bonchev–Trinajstić information content (AvgIpc) is 2.53. The molecule has 1 aromatic carbocycles. The van der Waals surface area contributed by atoms with E-state index in [1.54, 1.807) is 26.4 Å². The van der Waals surface area contributed by atoms with Crippen LogP contribution in [0.3, 0.4) is 0 Å². The van der Waals surface area contributed by atoms with Gasteiger partial charge in [-0.3, -0.25) is 4.79 Å². The van der Waals surface area contributed by atoms with Crippen LogP contribution in [0.5, 0.6) is 11.5 Å². The summed E-state index contributed by atoms with van der Waals surface area (Å²) in [5, 5.41) is 2.98. The highest BCUT2D eigenvalue weighted by atomic mass is 35.5. The molecule has 1 heterocycles. The van der Waals surface area contributed by atoms with Crippen molar-refractivity contribution >= 4 is 17.5 Å². The summed E-state index contributed by atoms with van der Waals surface area (Å²) in [6.07, 6.45) is 2.65. The number of nitrogens with zero attached hydrogens (tertiary/aromatic N) is 2. The van der Waals surface area contributed by atoms with Crippen molar-refractivity contribution in [3.05, 3.63) is 47.0 Å². The summed E-state index contributed by atoms with van der Waals surface area (Å²) in [5.41, 5.74) is 1.03. The van der Waals surface area contributed by atoms with Gasteiger partial charge < -0.3 is 14.8 Å². The molecule has 0 aliphatic carbocycles. The summed E-state index contributed by atoms with van der Waals surface area (Å²) in [7, 11) is 3.14. The Morgan fingerprint density at radius 1 is 1.24 bits per heavy atom. The van der Waals surface area contributed by atoms with Gasteiger partial charge in [-0.15, -0.1) is 0 Å². The largest absolute Gasteiger partial charge is 0.497 e. The molecule has 0 aliphatic rings. The van der Waals surface area contributed by atoms with Crippen molar-refractivity contribution in [2.75, 3.05) is 14.2 Å². The van der Waals surface area contributed by atoms with Crippen molar-refractivity contribution in [1.29, 1.82) is 0 Å². The summed E-state index contributed by atoms with van der Waals surface area (Å²) < 4.78 is 10.4. The molecule has 0 saturated heterocycles. The van der Waals surface area contributed by atoms with Crippen LogP contribution in [0.2, 0.25) is 5.15 Å². The molecule has 2 rings (SSSR count). The number of nitrogens with one attached hydrogen (secondary N) is 1. The lowest BCUT2D eigenvalue weighted by Crippen LogP contribution is -2.24. The normalized spacial score (nSPS) is 10.0. The fourth-order valence-corrected chi connectivity index (χ4v) is 1.79. The van der Waals surface area contributed by atoms with Crippen LogP contribution in [0, 0.1) is 0 Å². The van der Waals surface area contributed by atoms with Crippen LogP contribution in [0.1, 0.15) is 16.1 Å². The third kappa shape index (κ3) is 3.82. The Kier molecular flexibility index (Phi) is 4.94. The van der Waals surface area contributed by atoms with Crippen molar-refractivity contribution < 1.29 is 14.3 Å². The molecule has 2 aromatic rings. The molecular formula is C14H14ClN3O3. The summed E-state index contributed by atoms with van der Waals surface area (Å²) >= 11 is 5.62. The van der Waals surface area contributed by atoms with Crippen LogP contribution in [-0.4, -0.2) is 30.1 Å². The van der Waals surface area contributed by atoms with Gasteiger partial charge in [-0.2, -0.15) is 0 Å². The zero-order valence-corrected chi connectivity index (χ0v) is 12.3. The van der Waals surface area contributed by atoms with E-state index in [1.807, 2.05) is 6.07 Å². The van der Waals surface area contributed by atoms with Gasteiger partial charge in [-0.25, -0.2) is 9.97 Å². The Balaban J connectivity index is 2.05. The van der Waals surface area contributed by atoms with Crippen LogP contribution in [0.25, 0.3) is 0 Å². The van der Waals surface area contributed by atoms with Crippen LogP contribution >= 0.6 is 11.6 Å². The van der Waals surface area contributed by atoms with E-state index in [2.05, 4.69) is 15.3 Å². The Hall–Kier alpha value is -2.34. The van der Waals surface area contributed by atoms with Crippen molar-refractivity contribution in [1.82, 2.24) is 15.3 Å². The zero-order valence-electron chi connectivity index (χ0n) is 11.6. The standard InChI is InChI=1S/C14H14ClN3O3/c1-20-10-4-3-9(12(5-10)21-2)6-18-14(19)11-7-17-13(15)8-16-11/h3-5,7-8H,6H2,1-2H3,(H,18,19). The fraction of sp³-hybridized carbons (Fsp3) is 0.214. The molecule has 1 N–H and O–H groups in total. The number of carbonyl (C=O) groups excluding carboxylic acids is 1. The van der Waals surface area contributed by atoms with Gasteiger partial charge in [0.1, 0.15) is 22.3 Å². The minimum absolute atomic E-state index is 0.201. The molecule has 0 radical (unpaired) electrons.